The van der Waals surface area contributed by atoms with E-state index in [1.807, 2.05) is 0 Å². The zero-order chi connectivity index (χ0) is 8.97. The Labute approximate surface area is 73.2 Å². The van der Waals surface area contributed by atoms with Crippen molar-refractivity contribution in [1.82, 2.24) is 5.32 Å². The topological polar surface area (TPSA) is 49.3 Å². The molecule has 0 aromatic carbocycles. The number of carbonyl (C=O) groups is 1. The molecule has 1 fully saturated rings. The van der Waals surface area contributed by atoms with Crippen LogP contribution in [0.15, 0.2) is 0 Å². The smallest absolute Gasteiger partial charge is 0.317 e. The second-order valence-corrected chi connectivity index (χ2v) is 3.74. The zero-order valence-corrected chi connectivity index (χ0v) is 7.55. The molecule has 0 amide bonds. The lowest BCUT2D eigenvalue weighted by atomic mass is 9.87. The third-order valence-electron chi connectivity index (χ3n) is 2.48. The van der Waals surface area contributed by atoms with E-state index < -0.39 is 5.97 Å². The molecule has 70 valence electrons. The molecule has 2 N–H and O–H groups in total. The van der Waals surface area contributed by atoms with Crippen LogP contribution in [0.4, 0.5) is 0 Å². The summed E-state index contributed by atoms with van der Waals surface area (Å²) in [6.07, 6.45) is 4.80. The van der Waals surface area contributed by atoms with Crippen molar-refractivity contribution >= 4 is 5.97 Å². The fourth-order valence-corrected chi connectivity index (χ4v) is 1.85. The molecule has 0 aromatic rings. The standard InChI is InChI=1S/C9H17NO2/c1-7-3-2-4-8(5-7)10-6-9(11)12/h7-8,10H,2-6H2,1H3,(H,11,12). The van der Waals surface area contributed by atoms with Crippen molar-refractivity contribution in [1.29, 1.82) is 0 Å². The van der Waals surface area contributed by atoms with E-state index in [1.54, 1.807) is 0 Å². The highest BCUT2D eigenvalue weighted by Gasteiger charge is 2.18. The molecular formula is C9H17NO2. The van der Waals surface area contributed by atoms with Crippen LogP contribution < -0.4 is 5.32 Å². The summed E-state index contributed by atoms with van der Waals surface area (Å²) in [7, 11) is 0. The second kappa shape index (κ2) is 4.45. The molecule has 0 bridgehead atoms. The molecule has 2 atom stereocenters. The monoisotopic (exact) mass is 171 g/mol. The van der Waals surface area contributed by atoms with Crippen LogP contribution in [-0.2, 0) is 4.79 Å². The van der Waals surface area contributed by atoms with Crippen LogP contribution in [0.2, 0.25) is 0 Å². The first-order chi connectivity index (χ1) is 5.68. The molecule has 3 heteroatoms. The molecule has 1 aliphatic rings. The average molecular weight is 171 g/mol. The third kappa shape index (κ3) is 3.22. The molecule has 0 aliphatic heterocycles. The number of aliphatic carboxylic acids is 1. The summed E-state index contributed by atoms with van der Waals surface area (Å²) in [6, 6.07) is 0.435. The van der Waals surface area contributed by atoms with Crippen LogP contribution in [0, 0.1) is 5.92 Å². The van der Waals surface area contributed by atoms with Gasteiger partial charge in [-0.05, 0) is 18.8 Å². The Kier molecular flexibility index (Phi) is 3.53. The first-order valence-electron chi connectivity index (χ1n) is 4.63. The molecule has 0 saturated heterocycles. The largest absolute Gasteiger partial charge is 0.480 e. The average Bonchev–Trinajstić information content (AvgIpc) is 2.01. The Bertz CT molecular complexity index is 159. The molecule has 2 unspecified atom stereocenters. The zero-order valence-electron chi connectivity index (χ0n) is 7.55. The SMILES string of the molecule is CC1CCCC(NCC(=O)O)C1. The van der Waals surface area contributed by atoms with E-state index in [0.717, 1.165) is 18.8 Å². The lowest BCUT2D eigenvalue weighted by molar-refractivity contribution is -0.136. The summed E-state index contributed by atoms with van der Waals surface area (Å²) in [4.78, 5) is 10.3. The molecule has 1 aliphatic carbocycles. The van der Waals surface area contributed by atoms with Gasteiger partial charge in [0.2, 0.25) is 0 Å². The van der Waals surface area contributed by atoms with Crippen LogP contribution in [0.3, 0.4) is 0 Å². The molecule has 0 aromatic heterocycles. The fraction of sp³-hybridized carbons (Fsp3) is 0.889. The maximum atomic E-state index is 10.3. The van der Waals surface area contributed by atoms with Gasteiger partial charge >= 0.3 is 5.97 Å². The van der Waals surface area contributed by atoms with Gasteiger partial charge in [0.05, 0.1) is 6.54 Å². The predicted molar refractivity (Wildman–Crippen MR) is 47.1 cm³/mol. The lowest BCUT2D eigenvalue weighted by Gasteiger charge is -2.26. The van der Waals surface area contributed by atoms with Gasteiger partial charge in [-0.3, -0.25) is 4.79 Å². The minimum atomic E-state index is -0.756. The van der Waals surface area contributed by atoms with E-state index in [2.05, 4.69) is 12.2 Å². The van der Waals surface area contributed by atoms with E-state index in [0.29, 0.717) is 6.04 Å². The highest BCUT2D eigenvalue weighted by molar-refractivity contribution is 5.69. The van der Waals surface area contributed by atoms with Gasteiger partial charge in [0.25, 0.3) is 0 Å². The van der Waals surface area contributed by atoms with Crippen molar-refractivity contribution in [3.05, 3.63) is 0 Å². The first-order valence-corrected chi connectivity index (χ1v) is 4.63. The summed E-state index contributed by atoms with van der Waals surface area (Å²) >= 11 is 0. The summed E-state index contributed by atoms with van der Waals surface area (Å²) in [5.74, 6) is -0.00160. The highest BCUT2D eigenvalue weighted by atomic mass is 16.4. The maximum Gasteiger partial charge on any atom is 0.317 e. The molecule has 0 radical (unpaired) electrons. The Morgan fingerprint density at radius 1 is 1.58 bits per heavy atom. The van der Waals surface area contributed by atoms with E-state index >= 15 is 0 Å². The van der Waals surface area contributed by atoms with Crippen molar-refractivity contribution in [3.63, 3.8) is 0 Å². The van der Waals surface area contributed by atoms with E-state index in [-0.39, 0.29) is 6.54 Å². The van der Waals surface area contributed by atoms with E-state index in [4.69, 9.17) is 5.11 Å². The Morgan fingerprint density at radius 3 is 2.92 bits per heavy atom. The Hall–Kier alpha value is -0.570. The van der Waals surface area contributed by atoms with Gasteiger partial charge in [0.1, 0.15) is 0 Å². The van der Waals surface area contributed by atoms with Crippen molar-refractivity contribution in [2.45, 2.75) is 38.6 Å². The van der Waals surface area contributed by atoms with Gasteiger partial charge in [-0.2, -0.15) is 0 Å². The number of hydrogen-bond acceptors (Lipinski definition) is 2. The maximum absolute atomic E-state index is 10.3. The molecular weight excluding hydrogens is 154 g/mol. The molecule has 1 rings (SSSR count). The minimum absolute atomic E-state index is 0.109. The van der Waals surface area contributed by atoms with Crippen molar-refractivity contribution in [3.8, 4) is 0 Å². The molecule has 3 nitrogen and oxygen atoms in total. The first kappa shape index (κ1) is 9.52. The fourth-order valence-electron chi connectivity index (χ4n) is 1.85. The number of carboxylic acids is 1. The predicted octanol–water partition coefficient (Wildman–Crippen LogP) is 1.24. The Balaban J connectivity index is 2.18. The minimum Gasteiger partial charge on any atom is -0.480 e. The van der Waals surface area contributed by atoms with Crippen molar-refractivity contribution < 1.29 is 9.90 Å². The molecule has 12 heavy (non-hydrogen) atoms. The van der Waals surface area contributed by atoms with Crippen molar-refractivity contribution in [2.75, 3.05) is 6.54 Å². The van der Waals surface area contributed by atoms with Gasteiger partial charge < -0.3 is 10.4 Å². The quantitative estimate of drug-likeness (QED) is 0.671. The van der Waals surface area contributed by atoms with Crippen LogP contribution in [-0.4, -0.2) is 23.7 Å². The van der Waals surface area contributed by atoms with Gasteiger partial charge in [0.15, 0.2) is 0 Å². The third-order valence-corrected chi connectivity index (χ3v) is 2.48. The van der Waals surface area contributed by atoms with Crippen molar-refractivity contribution in [2.24, 2.45) is 5.92 Å². The summed E-state index contributed by atoms with van der Waals surface area (Å²) in [5.41, 5.74) is 0. The number of rotatable bonds is 3. The lowest BCUT2D eigenvalue weighted by Crippen LogP contribution is -2.36. The van der Waals surface area contributed by atoms with Crippen LogP contribution in [0.5, 0.6) is 0 Å². The van der Waals surface area contributed by atoms with Gasteiger partial charge in [-0.15, -0.1) is 0 Å². The normalized spacial score (nSPS) is 30.1. The summed E-state index contributed by atoms with van der Waals surface area (Å²) in [6.45, 7) is 2.34. The summed E-state index contributed by atoms with van der Waals surface area (Å²) in [5, 5.41) is 11.5. The molecule has 0 heterocycles. The van der Waals surface area contributed by atoms with E-state index in [1.165, 1.54) is 12.8 Å². The number of carboxylic acid groups (broad SMARTS) is 1. The van der Waals surface area contributed by atoms with Crippen LogP contribution >= 0.6 is 0 Å². The van der Waals surface area contributed by atoms with E-state index in [9.17, 15) is 4.79 Å². The molecule has 0 spiro atoms. The van der Waals surface area contributed by atoms with Gasteiger partial charge in [-0.25, -0.2) is 0 Å². The van der Waals surface area contributed by atoms with Gasteiger partial charge in [-0.1, -0.05) is 19.8 Å². The Morgan fingerprint density at radius 2 is 2.33 bits per heavy atom. The highest BCUT2D eigenvalue weighted by Crippen LogP contribution is 2.23. The summed E-state index contributed by atoms with van der Waals surface area (Å²) < 4.78 is 0. The number of nitrogens with one attached hydrogen (secondary N) is 1. The number of hydrogen-bond donors (Lipinski definition) is 2. The van der Waals surface area contributed by atoms with Crippen LogP contribution in [0.25, 0.3) is 0 Å². The molecule has 1 saturated carbocycles. The van der Waals surface area contributed by atoms with Gasteiger partial charge in [0, 0.05) is 6.04 Å². The second-order valence-electron chi connectivity index (χ2n) is 3.74. The van der Waals surface area contributed by atoms with Crippen LogP contribution in [0.1, 0.15) is 32.6 Å².